The predicted molar refractivity (Wildman–Crippen MR) is 52.7 cm³/mol. The van der Waals surface area contributed by atoms with Crippen molar-refractivity contribution in [3.63, 3.8) is 0 Å². The minimum absolute atomic E-state index is 0.0719. The second kappa shape index (κ2) is 2.64. The van der Waals surface area contributed by atoms with Crippen LogP contribution >= 0.6 is 15.9 Å². The van der Waals surface area contributed by atoms with Crippen LogP contribution in [0.1, 0.15) is 13.3 Å². The normalized spacial score (nSPS) is 37.1. The van der Waals surface area contributed by atoms with Crippen LogP contribution in [-0.2, 0) is 9.59 Å². The fourth-order valence-corrected chi connectivity index (χ4v) is 2.26. The summed E-state index contributed by atoms with van der Waals surface area (Å²) in [6.45, 7) is 1.81. The molecule has 0 heterocycles. The van der Waals surface area contributed by atoms with Gasteiger partial charge in [0, 0.05) is 5.92 Å². The summed E-state index contributed by atoms with van der Waals surface area (Å²) in [5, 5.41) is 0. The largest absolute Gasteiger partial charge is 0.302 e. The third-order valence-electron chi connectivity index (χ3n) is 2.72. The minimum Gasteiger partial charge on any atom is -0.302 e. The first-order chi connectivity index (χ1) is 6.08. The van der Waals surface area contributed by atoms with Crippen LogP contribution in [0.25, 0.3) is 0 Å². The number of rotatable bonds is 2. The molecule has 0 aromatic carbocycles. The average Bonchev–Trinajstić information content (AvgIpc) is 2.68. The molecule has 0 unspecified atom stereocenters. The molecular weight excluding hydrogens is 232 g/mol. The van der Waals surface area contributed by atoms with Crippen LogP contribution in [0, 0.1) is 5.92 Å². The summed E-state index contributed by atoms with van der Waals surface area (Å²) in [6.07, 6.45) is 5.13. The predicted octanol–water partition coefficient (Wildman–Crippen LogP) is 1.79. The monoisotopic (exact) mass is 240 g/mol. The van der Waals surface area contributed by atoms with Gasteiger partial charge in [0.1, 0.15) is 6.29 Å². The van der Waals surface area contributed by atoms with Gasteiger partial charge in [-0.05, 0) is 30.6 Å². The van der Waals surface area contributed by atoms with Crippen LogP contribution in [0.4, 0.5) is 0 Å². The molecule has 0 aliphatic heterocycles. The van der Waals surface area contributed by atoms with Gasteiger partial charge in [0.2, 0.25) is 0 Å². The number of halogens is 1. The van der Waals surface area contributed by atoms with Crippen molar-refractivity contribution in [1.82, 2.24) is 0 Å². The lowest BCUT2D eigenvalue weighted by Crippen LogP contribution is -2.04. The Hall–Kier alpha value is -0.700. The van der Waals surface area contributed by atoms with E-state index in [0.29, 0.717) is 0 Å². The van der Waals surface area contributed by atoms with Gasteiger partial charge < -0.3 is 4.79 Å². The van der Waals surface area contributed by atoms with E-state index in [-0.39, 0.29) is 11.7 Å². The Morgan fingerprint density at radius 3 is 2.69 bits per heavy atom. The Morgan fingerprint density at radius 1 is 1.62 bits per heavy atom. The van der Waals surface area contributed by atoms with Crippen LogP contribution < -0.4 is 0 Å². The SMILES string of the molecule is CC1=C([C@@H]2C[C@]2(Br)C=O)C=CC1=O. The molecule has 68 valence electrons. The van der Waals surface area contributed by atoms with Crippen molar-refractivity contribution in [2.24, 2.45) is 5.92 Å². The molecule has 3 heteroatoms. The second-order valence-corrected chi connectivity index (χ2v) is 5.06. The molecular formula is C10H9BrO2. The number of carbonyl (C=O) groups is 2. The van der Waals surface area contributed by atoms with E-state index in [1.54, 1.807) is 6.08 Å². The molecule has 0 aromatic heterocycles. The summed E-state index contributed by atoms with van der Waals surface area (Å²) in [5.74, 6) is 0.273. The van der Waals surface area contributed by atoms with E-state index in [2.05, 4.69) is 15.9 Å². The smallest absolute Gasteiger partial charge is 0.181 e. The highest BCUT2D eigenvalue weighted by Gasteiger charge is 2.54. The zero-order chi connectivity index (χ0) is 9.64. The average molecular weight is 241 g/mol. The van der Waals surface area contributed by atoms with E-state index in [0.717, 1.165) is 23.9 Å². The number of allylic oxidation sites excluding steroid dienone is 4. The standard InChI is InChI=1S/C10H9BrO2/c1-6-7(2-3-9(6)13)8-4-10(8,11)5-12/h2-3,5,8H,4H2,1H3/t8-,10-/m0/s1. The summed E-state index contributed by atoms with van der Waals surface area (Å²) >= 11 is 3.37. The zero-order valence-electron chi connectivity index (χ0n) is 7.21. The molecule has 2 aliphatic rings. The molecule has 2 aliphatic carbocycles. The molecule has 0 aromatic rings. The number of hydrogen-bond acceptors (Lipinski definition) is 2. The lowest BCUT2D eigenvalue weighted by molar-refractivity contribution is -0.111. The molecule has 0 amide bonds. The molecule has 0 bridgehead atoms. The van der Waals surface area contributed by atoms with Crippen molar-refractivity contribution in [1.29, 1.82) is 0 Å². The number of carbonyl (C=O) groups excluding carboxylic acids is 2. The summed E-state index contributed by atoms with van der Waals surface area (Å²) in [7, 11) is 0. The van der Waals surface area contributed by atoms with E-state index in [4.69, 9.17) is 0 Å². The van der Waals surface area contributed by atoms with Crippen molar-refractivity contribution < 1.29 is 9.59 Å². The van der Waals surface area contributed by atoms with Crippen molar-refractivity contribution in [3.05, 3.63) is 23.3 Å². The van der Waals surface area contributed by atoms with Crippen LogP contribution in [0.15, 0.2) is 23.3 Å². The fourth-order valence-electron chi connectivity index (χ4n) is 1.69. The van der Waals surface area contributed by atoms with E-state index in [1.165, 1.54) is 0 Å². The van der Waals surface area contributed by atoms with Crippen LogP contribution in [0.5, 0.6) is 0 Å². The molecule has 0 spiro atoms. The van der Waals surface area contributed by atoms with Crippen LogP contribution in [-0.4, -0.2) is 16.4 Å². The third kappa shape index (κ3) is 1.22. The minimum atomic E-state index is -0.390. The third-order valence-corrected chi connectivity index (χ3v) is 3.79. The van der Waals surface area contributed by atoms with Gasteiger partial charge in [-0.1, -0.05) is 22.0 Å². The molecule has 0 radical (unpaired) electrons. The Kier molecular flexibility index (Phi) is 1.80. The van der Waals surface area contributed by atoms with Gasteiger partial charge in [-0.3, -0.25) is 4.79 Å². The fraction of sp³-hybridized carbons (Fsp3) is 0.400. The highest BCUT2D eigenvalue weighted by Crippen LogP contribution is 2.55. The quantitative estimate of drug-likeness (QED) is 0.545. The molecule has 1 fully saturated rings. The Morgan fingerprint density at radius 2 is 2.31 bits per heavy atom. The van der Waals surface area contributed by atoms with E-state index >= 15 is 0 Å². The van der Waals surface area contributed by atoms with Crippen molar-refractivity contribution in [2.75, 3.05) is 0 Å². The van der Waals surface area contributed by atoms with Gasteiger partial charge in [-0.2, -0.15) is 0 Å². The maximum atomic E-state index is 11.2. The summed E-state index contributed by atoms with van der Waals surface area (Å²) in [4.78, 5) is 21.8. The maximum Gasteiger partial charge on any atom is 0.181 e. The molecule has 2 rings (SSSR count). The van der Waals surface area contributed by atoms with Crippen molar-refractivity contribution in [2.45, 2.75) is 17.7 Å². The van der Waals surface area contributed by atoms with Crippen molar-refractivity contribution >= 4 is 28.0 Å². The molecule has 2 atom stereocenters. The second-order valence-electron chi connectivity index (χ2n) is 3.58. The van der Waals surface area contributed by atoms with E-state index < -0.39 is 4.32 Å². The van der Waals surface area contributed by atoms with Gasteiger partial charge in [-0.15, -0.1) is 0 Å². The number of hydrogen-bond donors (Lipinski definition) is 0. The van der Waals surface area contributed by atoms with Gasteiger partial charge in [0.15, 0.2) is 5.78 Å². The summed E-state index contributed by atoms with van der Waals surface area (Å²) < 4.78 is -0.390. The van der Waals surface area contributed by atoms with E-state index in [1.807, 2.05) is 13.0 Å². The first-order valence-electron chi connectivity index (χ1n) is 4.17. The molecule has 0 saturated heterocycles. The summed E-state index contributed by atoms with van der Waals surface area (Å²) in [6, 6.07) is 0. The molecule has 1 saturated carbocycles. The zero-order valence-corrected chi connectivity index (χ0v) is 8.80. The number of alkyl halides is 1. The number of ketones is 1. The van der Waals surface area contributed by atoms with Gasteiger partial charge in [0.25, 0.3) is 0 Å². The molecule has 13 heavy (non-hydrogen) atoms. The lowest BCUT2D eigenvalue weighted by atomic mass is 10.1. The summed E-state index contributed by atoms with van der Waals surface area (Å²) in [5.41, 5.74) is 1.81. The first-order valence-corrected chi connectivity index (χ1v) is 4.96. The van der Waals surface area contributed by atoms with Gasteiger partial charge in [0.05, 0.1) is 4.32 Å². The highest BCUT2D eigenvalue weighted by atomic mass is 79.9. The Balaban J connectivity index is 2.27. The topological polar surface area (TPSA) is 34.1 Å². The maximum absolute atomic E-state index is 11.2. The highest BCUT2D eigenvalue weighted by molar-refractivity contribution is 9.10. The van der Waals surface area contributed by atoms with Crippen LogP contribution in [0.3, 0.4) is 0 Å². The van der Waals surface area contributed by atoms with Gasteiger partial charge in [-0.25, -0.2) is 0 Å². The van der Waals surface area contributed by atoms with Crippen molar-refractivity contribution in [3.8, 4) is 0 Å². The lowest BCUT2D eigenvalue weighted by Gasteiger charge is -2.01. The first kappa shape index (κ1) is 8.88. The van der Waals surface area contributed by atoms with Crippen LogP contribution in [0.2, 0.25) is 0 Å². The molecule has 0 N–H and O–H groups in total. The molecule has 2 nitrogen and oxygen atoms in total. The number of aldehydes is 1. The van der Waals surface area contributed by atoms with Gasteiger partial charge >= 0.3 is 0 Å². The Labute approximate surface area is 84.8 Å². The van der Waals surface area contributed by atoms with E-state index in [9.17, 15) is 9.59 Å². The Bertz CT molecular complexity index is 354.